The molecular formula is C13H18N2. The lowest BCUT2D eigenvalue weighted by molar-refractivity contribution is 0.885. The van der Waals surface area contributed by atoms with Crippen LogP contribution < -0.4 is 5.32 Å². The number of hydrogen-bond acceptors (Lipinski definition) is 2. The number of nitrogens with one attached hydrogen (secondary N) is 1. The second-order valence-electron chi connectivity index (χ2n) is 3.09. The summed E-state index contributed by atoms with van der Waals surface area (Å²) in [6.07, 6.45) is 3.98. The van der Waals surface area contributed by atoms with Gasteiger partial charge in [-0.25, -0.2) is 0 Å². The van der Waals surface area contributed by atoms with Gasteiger partial charge in [0.05, 0.1) is 6.04 Å². The molecule has 80 valence electrons. The van der Waals surface area contributed by atoms with Gasteiger partial charge in [0.1, 0.15) is 5.84 Å². The predicted molar refractivity (Wildman–Crippen MR) is 66.1 cm³/mol. The summed E-state index contributed by atoms with van der Waals surface area (Å²) in [6.45, 7) is 6.07. The Kier molecular flexibility index (Phi) is 4.61. The highest BCUT2D eigenvalue weighted by atomic mass is 15.0. The van der Waals surface area contributed by atoms with Gasteiger partial charge in [-0.2, -0.15) is 0 Å². The van der Waals surface area contributed by atoms with Crippen molar-refractivity contribution in [3.05, 3.63) is 48.2 Å². The third-order valence-electron chi connectivity index (χ3n) is 1.97. The molecule has 0 aliphatic carbocycles. The summed E-state index contributed by atoms with van der Waals surface area (Å²) in [4.78, 5) is 4.47. The van der Waals surface area contributed by atoms with Gasteiger partial charge in [-0.15, -0.1) is 0 Å². The molecular weight excluding hydrogens is 184 g/mol. The summed E-state index contributed by atoms with van der Waals surface area (Å²) in [6, 6.07) is 10.4. The first-order valence-electron chi connectivity index (χ1n) is 5.43. The fraction of sp³-hybridized carbons (Fsp3) is 0.308. The van der Waals surface area contributed by atoms with E-state index in [0.29, 0.717) is 0 Å². The minimum atomic E-state index is 0.274. The highest BCUT2D eigenvalue weighted by Gasteiger charge is 2.05. The molecule has 0 aromatic heterocycles. The van der Waals surface area contributed by atoms with Gasteiger partial charge in [0.25, 0.3) is 0 Å². The van der Waals surface area contributed by atoms with Gasteiger partial charge in [-0.1, -0.05) is 44.2 Å². The van der Waals surface area contributed by atoms with Crippen molar-refractivity contribution in [2.45, 2.75) is 26.8 Å². The van der Waals surface area contributed by atoms with Crippen molar-refractivity contribution < 1.29 is 0 Å². The molecule has 1 aliphatic heterocycles. The highest BCUT2D eigenvalue weighted by Crippen LogP contribution is 2.05. The third-order valence-corrected chi connectivity index (χ3v) is 1.97. The van der Waals surface area contributed by atoms with E-state index >= 15 is 0 Å². The first-order chi connectivity index (χ1) is 7.36. The van der Waals surface area contributed by atoms with Crippen LogP contribution in [0.1, 0.15) is 26.3 Å². The molecule has 1 aromatic rings. The molecule has 1 atom stereocenters. The van der Waals surface area contributed by atoms with E-state index in [0.717, 1.165) is 11.4 Å². The topological polar surface area (TPSA) is 24.4 Å². The van der Waals surface area contributed by atoms with Crippen molar-refractivity contribution in [3.8, 4) is 0 Å². The van der Waals surface area contributed by atoms with Crippen LogP contribution in [0.15, 0.2) is 47.6 Å². The fourth-order valence-electron chi connectivity index (χ4n) is 1.30. The Balaban J connectivity index is 0.000000531. The fourth-order valence-corrected chi connectivity index (χ4v) is 1.30. The van der Waals surface area contributed by atoms with Gasteiger partial charge in [-0.05, 0) is 13.0 Å². The normalized spacial score (nSPS) is 18.3. The summed E-state index contributed by atoms with van der Waals surface area (Å²) < 4.78 is 0. The Morgan fingerprint density at radius 1 is 1.13 bits per heavy atom. The van der Waals surface area contributed by atoms with E-state index in [1.54, 1.807) is 0 Å². The zero-order chi connectivity index (χ0) is 11.1. The van der Waals surface area contributed by atoms with Crippen molar-refractivity contribution in [2.75, 3.05) is 0 Å². The molecule has 1 aliphatic rings. The number of aliphatic imine (C=N–C) groups is 1. The van der Waals surface area contributed by atoms with E-state index in [1.165, 1.54) is 0 Å². The lowest BCUT2D eigenvalue weighted by atomic mass is 10.2. The average molecular weight is 202 g/mol. The molecule has 0 bridgehead atoms. The summed E-state index contributed by atoms with van der Waals surface area (Å²) >= 11 is 0. The second kappa shape index (κ2) is 6.02. The Morgan fingerprint density at radius 2 is 1.80 bits per heavy atom. The maximum absolute atomic E-state index is 4.47. The SMILES string of the molecule is CC.CC1C=CNC(c2ccccc2)=N1. The van der Waals surface area contributed by atoms with Crippen LogP contribution in [0.3, 0.4) is 0 Å². The monoisotopic (exact) mass is 202 g/mol. The first kappa shape index (κ1) is 11.5. The Hall–Kier alpha value is -1.57. The van der Waals surface area contributed by atoms with Crippen LogP contribution >= 0.6 is 0 Å². The molecule has 0 saturated carbocycles. The Labute approximate surface area is 91.7 Å². The standard InChI is InChI=1S/C11H12N2.C2H6/c1-9-7-8-12-11(13-9)10-5-3-2-4-6-10;1-2/h2-9H,1H3,(H,12,13);1-2H3. The van der Waals surface area contributed by atoms with Gasteiger partial charge >= 0.3 is 0 Å². The Morgan fingerprint density at radius 3 is 2.40 bits per heavy atom. The van der Waals surface area contributed by atoms with Crippen molar-refractivity contribution in [1.82, 2.24) is 5.32 Å². The number of rotatable bonds is 1. The maximum Gasteiger partial charge on any atom is 0.132 e. The number of hydrogen-bond donors (Lipinski definition) is 1. The quantitative estimate of drug-likeness (QED) is 0.744. The summed E-state index contributed by atoms with van der Waals surface area (Å²) in [5, 5.41) is 3.14. The second-order valence-corrected chi connectivity index (χ2v) is 3.09. The molecule has 0 amide bonds. The third kappa shape index (κ3) is 3.24. The smallest absolute Gasteiger partial charge is 0.132 e. The number of nitrogens with zero attached hydrogens (tertiary/aromatic N) is 1. The average Bonchev–Trinajstić information content (AvgIpc) is 2.33. The molecule has 1 unspecified atom stereocenters. The van der Waals surface area contributed by atoms with Crippen molar-refractivity contribution >= 4 is 5.84 Å². The molecule has 0 fully saturated rings. The van der Waals surface area contributed by atoms with E-state index < -0.39 is 0 Å². The van der Waals surface area contributed by atoms with Gasteiger partial charge in [0.2, 0.25) is 0 Å². The Bertz CT molecular complexity index is 339. The van der Waals surface area contributed by atoms with Crippen LogP contribution in [0.2, 0.25) is 0 Å². The van der Waals surface area contributed by atoms with Gasteiger partial charge in [0.15, 0.2) is 0 Å². The molecule has 2 rings (SSSR count). The zero-order valence-electron chi connectivity index (χ0n) is 9.57. The van der Waals surface area contributed by atoms with Crippen LogP contribution in [-0.4, -0.2) is 11.9 Å². The summed E-state index contributed by atoms with van der Waals surface area (Å²) in [5.41, 5.74) is 1.14. The van der Waals surface area contributed by atoms with Crippen molar-refractivity contribution in [1.29, 1.82) is 0 Å². The molecule has 1 N–H and O–H groups in total. The summed E-state index contributed by atoms with van der Waals surface area (Å²) in [5.74, 6) is 0.954. The molecule has 2 heteroatoms. The van der Waals surface area contributed by atoms with Crippen LogP contribution in [0.5, 0.6) is 0 Å². The molecule has 0 spiro atoms. The van der Waals surface area contributed by atoms with Crippen molar-refractivity contribution in [2.24, 2.45) is 4.99 Å². The number of amidine groups is 1. The van der Waals surface area contributed by atoms with E-state index in [-0.39, 0.29) is 6.04 Å². The molecule has 1 heterocycles. The van der Waals surface area contributed by atoms with Gasteiger partial charge < -0.3 is 5.32 Å². The van der Waals surface area contributed by atoms with E-state index in [1.807, 2.05) is 44.3 Å². The van der Waals surface area contributed by atoms with E-state index in [2.05, 4.69) is 29.4 Å². The van der Waals surface area contributed by atoms with Gasteiger partial charge in [-0.3, -0.25) is 4.99 Å². The minimum Gasteiger partial charge on any atom is -0.347 e. The molecule has 0 saturated heterocycles. The van der Waals surface area contributed by atoms with Crippen LogP contribution in [0, 0.1) is 0 Å². The van der Waals surface area contributed by atoms with E-state index in [4.69, 9.17) is 0 Å². The van der Waals surface area contributed by atoms with Crippen LogP contribution in [-0.2, 0) is 0 Å². The van der Waals surface area contributed by atoms with Crippen LogP contribution in [0.4, 0.5) is 0 Å². The molecule has 15 heavy (non-hydrogen) atoms. The molecule has 2 nitrogen and oxygen atoms in total. The zero-order valence-corrected chi connectivity index (χ0v) is 9.57. The summed E-state index contributed by atoms with van der Waals surface area (Å²) in [7, 11) is 0. The van der Waals surface area contributed by atoms with Gasteiger partial charge in [0, 0.05) is 11.8 Å². The first-order valence-corrected chi connectivity index (χ1v) is 5.43. The van der Waals surface area contributed by atoms with Crippen LogP contribution in [0.25, 0.3) is 0 Å². The van der Waals surface area contributed by atoms with E-state index in [9.17, 15) is 0 Å². The molecule has 1 aromatic carbocycles. The lowest BCUT2D eigenvalue weighted by Crippen LogP contribution is -2.24. The minimum absolute atomic E-state index is 0.274. The largest absolute Gasteiger partial charge is 0.347 e. The molecule has 0 radical (unpaired) electrons. The lowest BCUT2D eigenvalue weighted by Gasteiger charge is -2.13. The maximum atomic E-state index is 4.47. The predicted octanol–water partition coefficient (Wildman–Crippen LogP) is 2.96. The number of benzene rings is 1. The van der Waals surface area contributed by atoms with Crippen molar-refractivity contribution in [3.63, 3.8) is 0 Å². The highest BCUT2D eigenvalue weighted by molar-refractivity contribution is 5.99.